The van der Waals surface area contributed by atoms with E-state index in [1.54, 1.807) is 18.3 Å². The number of phenolic OH excluding ortho intramolecular Hbond substituents is 1. The number of hydrogen-bond donors (Lipinski definition) is 2. The van der Waals surface area contributed by atoms with Crippen molar-refractivity contribution in [1.29, 1.82) is 0 Å². The maximum Gasteiger partial charge on any atom is 0.131 e. The number of aliphatic hydroxyl groups is 1. The maximum atomic E-state index is 11.5. The molecule has 2 bridgehead atoms. The SMILES string of the molecule is Oc1ccc2c(c1)/C(=C/CCN1C3CCC1CC(O)(c1ccc(Cl)cc1)C3)c1cccnc1CO2. The monoisotopic (exact) mass is 488 g/mol. The average molecular weight is 489 g/mol. The molecule has 4 heterocycles. The van der Waals surface area contributed by atoms with Gasteiger partial charge in [-0.2, -0.15) is 0 Å². The topological polar surface area (TPSA) is 65.8 Å². The van der Waals surface area contributed by atoms with E-state index in [-0.39, 0.29) is 5.75 Å². The van der Waals surface area contributed by atoms with E-state index in [0.717, 1.165) is 72.4 Å². The Morgan fingerprint density at radius 3 is 2.60 bits per heavy atom. The van der Waals surface area contributed by atoms with Crippen molar-refractivity contribution in [3.63, 3.8) is 0 Å². The van der Waals surface area contributed by atoms with Gasteiger partial charge < -0.3 is 14.9 Å². The first-order valence-corrected chi connectivity index (χ1v) is 12.7. The number of hydrogen-bond acceptors (Lipinski definition) is 5. The molecule has 3 aliphatic heterocycles. The van der Waals surface area contributed by atoms with Gasteiger partial charge in [0.05, 0.1) is 11.3 Å². The van der Waals surface area contributed by atoms with Crippen LogP contribution in [0.4, 0.5) is 0 Å². The molecule has 2 N–H and O–H groups in total. The van der Waals surface area contributed by atoms with E-state index in [9.17, 15) is 10.2 Å². The van der Waals surface area contributed by atoms with Crippen LogP contribution in [0, 0.1) is 0 Å². The molecular formula is C29H29ClN2O3. The molecule has 0 spiro atoms. The highest BCUT2D eigenvalue weighted by Gasteiger charge is 2.47. The highest BCUT2D eigenvalue weighted by atomic mass is 35.5. The van der Waals surface area contributed by atoms with Crippen molar-refractivity contribution in [2.45, 2.75) is 56.4 Å². The lowest BCUT2D eigenvalue weighted by Crippen LogP contribution is -2.49. The lowest BCUT2D eigenvalue weighted by atomic mass is 9.80. The summed E-state index contributed by atoms with van der Waals surface area (Å²) >= 11 is 6.07. The third kappa shape index (κ3) is 4.22. The quantitative estimate of drug-likeness (QED) is 0.495. The zero-order chi connectivity index (χ0) is 24.0. The molecule has 2 atom stereocenters. The Morgan fingerprint density at radius 2 is 1.83 bits per heavy atom. The van der Waals surface area contributed by atoms with Crippen LogP contribution in [0.1, 0.15) is 54.5 Å². The van der Waals surface area contributed by atoms with Crippen LogP contribution in [0.3, 0.4) is 0 Å². The number of ether oxygens (including phenoxy) is 1. The van der Waals surface area contributed by atoms with E-state index in [1.165, 1.54) is 0 Å². The first-order chi connectivity index (χ1) is 17.0. The van der Waals surface area contributed by atoms with Crippen LogP contribution >= 0.6 is 11.6 Å². The third-order valence-corrected chi connectivity index (χ3v) is 8.09. The van der Waals surface area contributed by atoms with E-state index in [4.69, 9.17) is 16.3 Å². The maximum absolute atomic E-state index is 11.5. The summed E-state index contributed by atoms with van der Waals surface area (Å²) < 4.78 is 6.01. The fraction of sp³-hybridized carbons (Fsp3) is 0.345. The molecule has 3 aromatic rings. The Hall–Kier alpha value is -2.86. The van der Waals surface area contributed by atoms with Crippen LogP contribution in [0.5, 0.6) is 11.5 Å². The van der Waals surface area contributed by atoms with Gasteiger partial charge in [-0.15, -0.1) is 0 Å². The van der Waals surface area contributed by atoms with Crippen LogP contribution in [0.25, 0.3) is 5.57 Å². The predicted molar refractivity (Wildman–Crippen MR) is 136 cm³/mol. The summed E-state index contributed by atoms with van der Waals surface area (Å²) in [7, 11) is 0. The fourth-order valence-corrected chi connectivity index (χ4v) is 6.32. The smallest absolute Gasteiger partial charge is 0.131 e. The zero-order valence-electron chi connectivity index (χ0n) is 19.5. The van der Waals surface area contributed by atoms with Gasteiger partial charge in [0.1, 0.15) is 18.1 Å². The molecule has 0 aliphatic carbocycles. The van der Waals surface area contributed by atoms with Gasteiger partial charge in [-0.3, -0.25) is 9.88 Å². The Morgan fingerprint density at radius 1 is 1.06 bits per heavy atom. The number of benzene rings is 2. The largest absolute Gasteiger partial charge is 0.508 e. The summed E-state index contributed by atoms with van der Waals surface area (Å²) in [6, 6.07) is 17.7. The number of fused-ring (bicyclic) bond motifs is 4. The van der Waals surface area contributed by atoms with Gasteiger partial charge in [0, 0.05) is 41.0 Å². The molecule has 6 heteroatoms. The summed E-state index contributed by atoms with van der Waals surface area (Å²) in [5, 5.41) is 22.4. The molecule has 2 saturated heterocycles. The third-order valence-electron chi connectivity index (χ3n) is 7.83. The Kier molecular flexibility index (Phi) is 5.79. The lowest BCUT2D eigenvalue weighted by molar-refractivity contribution is -0.0563. The molecule has 5 nitrogen and oxygen atoms in total. The van der Waals surface area contributed by atoms with Gasteiger partial charge in [-0.1, -0.05) is 35.9 Å². The first kappa shape index (κ1) is 22.6. The van der Waals surface area contributed by atoms with Crippen LogP contribution < -0.4 is 4.74 Å². The molecule has 35 heavy (non-hydrogen) atoms. The molecule has 2 aromatic carbocycles. The highest BCUT2D eigenvalue weighted by molar-refractivity contribution is 6.30. The lowest BCUT2D eigenvalue weighted by Gasteiger charge is -2.44. The van der Waals surface area contributed by atoms with E-state index < -0.39 is 5.60 Å². The van der Waals surface area contributed by atoms with E-state index >= 15 is 0 Å². The second-order valence-electron chi connectivity index (χ2n) is 9.94. The van der Waals surface area contributed by atoms with Crippen molar-refractivity contribution in [3.05, 3.63) is 94.3 Å². The highest BCUT2D eigenvalue weighted by Crippen LogP contribution is 2.46. The van der Waals surface area contributed by atoms with Gasteiger partial charge in [0.2, 0.25) is 0 Å². The number of phenols is 1. The number of rotatable bonds is 4. The number of halogens is 1. The summed E-state index contributed by atoms with van der Waals surface area (Å²) in [5.74, 6) is 0.985. The number of nitrogens with zero attached hydrogens (tertiary/aromatic N) is 2. The predicted octanol–water partition coefficient (Wildman–Crippen LogP) is 5.67. The zero-order valence-corrected chi connectivity index (χ0v) is 20.3. The molecule has 6 rings (SSSR count). The molecule has 0 saturated carbocycles. The molecule has 0 amide bonds. The Bertz CT molecular complexity index is 1260. The molecule has 2 fully saturated rings. The molecule has 0 radical (unpaired) electrons. The van der Waals surface area contributed by atoms with Crippen molar-refractivity contribution in [1.82, 2.24) is 9.88 Å². The van der Waals surface area contributed by atoms with Gasteiger partial charge in [0.25, 0.3) is 0 Å². The van der Waals surface area contributed by atoms with E-state index in [0.29, 0.717) is 23.7 Å². The van der Waals surface area contributed by atoms with E-state index in [1.807, 2.05) is 36.4 Å². The van der Waals surface area contributed by atoms with Crippen molar-refractivity contribution in [3.8, 4) is 11.5 Å². The van der Waals surface area contributed by atoms with Crippen LogP contribution in [-0.4, -0.2) is 38.7 Å². The minimum Gasteiger partial charge on any atom is -0.508 e. The number of aromatic nitrogens is 1. The summed E-state index contributed by atoms with van der Waals surface area (Å²) in [6.07, 6.45) is 8.65. The second-order valence-corrected chi connectivity index (χ2v) is 10.4. The average Bonchev–Trinajstić information content (AvgIpc) is 3.02. The standard InChI is InChI=1S/C29H29ClN2O3/c30-20-7-5-19(6-8-20)29(34)16-21-9-10-22(17-29)32(21)14-2-4-24-25-3-1-13-31-27(25)18-35-28-12-11-23(33)15-26(24)28/h1,3-8,11-13,15,21-22,33-34H,2,9-10,14,16-18H2/b24-4+. The number of piperidine rings is 1. The summed E-state index contributed by atoms with van der Waals surface area (Å²) in [5.41, 5.74) is 4.09. The van der Waals surface area contributed by atoms with Crippen LogP contribution in [0.15, 0.2) is 66.9 Å². The van der Waals surface area contributed by atoms with Gasteiger partial charge in [-0.05, 0) is 79.6 Å². The van der Waals surface area contributed by atoms with Gasteiger partial charge in [-0.25, -0.2) is 0 Å². The van der Waals surface area contributed by atoms with Crippen molar-refractivity contribution in [2.24, 2.45) is 0 Å². The molecule has 180 valence electrons. The first-order valence-electron chi connectivity index (χ1n) is 12.3. The van der Waals surface area contributed by atoms with Crippen molar-refractivity contribution < 1.29 is 14.9 Å². The molecular weight excluding hydrogens is 460 g/mol. The van der Waals surface area contributed by atoms with Crippen molar-refractivity contribution >= 4 is 17.2 Å². The summed E-state index contributed by atoms with van der Waals surface area (Å²) in [6.45, 7) is 1.34. The molecule has 2 unspecified atom stereocenters. The fourth-order valence-electron chi connectivity index (χ4n) is 6.20. The van der Waals surface area contributed by atoms with Crippen LogP contribution in [0.2, 0.25) is 5.02 Å². The number of pyridine rings is 1. The minimum absolute atomic E-state index is 0.223. The Labute approximate surface area is 210 Å². The number of aromatic hydroxyl groups is 1. The molecule has 1 aromatic heterocycles. The second kappa shape index (κ2) is 8.98. The van der Waals surface area contributed by atoms with E-state index in [2.05, 4.69) is 22.0 Å². The minimum atomic E-state index is -0.787. The van der Waals surface area contributed by atoms with Crippen LogP contribution in [-0.2, 0) is 12.2 Å². The van der Waals surface area contributed by atoms with Crippen molar-refractivity contribution in [2.75, 3.05) is 6.54 Å². The Balaban J connectivity index is 1.23. The van der Waals surface area contributed by atoms with Gasteiger partial charge in [0.15, 0.2) is 0 Å². The molecule has 3 aliphatic rings. The van der Waals surface area contributed by atoms with Gasteiger partial charge >= 0.3 is 0 Å². The summed E-state index contributed by atoms with van der Waals surface area (Å²) in [4.78, 5) is 7.13. The normalized spacial score (nSPS) is 26.6.